The first-order chi connectivity index (χ1) is 10.6. The van der Waals surface area contributed by atoms with Gasteiger partial charge in [0.25, 0.3) is 0 Å². The number of imidazole rings is 1. The second kappa shape index (κ2) is 5.60. The van der Waals surface area contributed by atoms with E-state index in [-0.39, 0.29) is 5.78 Å². The summed E-state index contributed by atoms with van der Waals surface area (Å²) in [6.45, 7) is 8.13. The summed E-state index contributed by atoms with van der Waals surface area (Å²) < 4.78 is 3.91. The topological polar surface area (TPSA) is 25.9 Å². The number of carbonyl (C=O) groups is 1. The minimum atomic E-state index is 0.123. The number of benzene rings is 2. The van der Waals surface area contributed by atoms with Crippen LogP contribution < -0.4 is 4.57 Å². The number of Topliss-reactive ketones (excluding diaryl/α,β-unsaturated/α-hetero) is 1. The van der Waals surface area contributed by atoms with E-state index >= 15 is 0 Å². The molecule has 2 aromatic carbocycles. The molecule has 0 fully saturated rings. The standard InChI is InChI=1S/C19H19N2O/c1-4-20-13-21(18-8-6-5-7-17(18)20)12-19(22)16-11-14(2)9-10-15(16)3/h4-11,13H,1,12H2,2-3H3/q+1. The Morgan fingerprint density at radius 1 is 1.23 bits per heavy atom. The van der Waals surface area contributed by atoms with Crippen LogP contribution in [0.15, 0.2) is 55.4 Å². The smallest absolute Gasteiger partial charge is 0.249 e. The lowest BCUT2D eigenvalue weighted by Gasteiger charge is -2.05. The van der Waals surface area contributed by atoms with Crippen LogP contribution in [0, 0.1) is 13.8 Å². The Bertz CT molecular complexity index is 874. The van der Waals surface area contributed by atoms with Gasteiger partial charge in [-0.2, -0.15) is 0 Å². The Labute approximate surface area is 130 Å². The average molecular weight is 291 g/mol. The summed E-state index contributed by atoms with van der Waals surface area (Å²) in [6.07, 6.45) is 3.67. The van der Waals surface area contributed by atoms with Gasteiger partial charge in [-0.1, -0.05) is 36.4 Å². The minimum Gasteiger partial charge on any atom is -0.290 e. The number of hydrogen-bond acceptors (Lipinski definition) is 1. The third kappa shape index (κ3) is 2.46. The van der Waals surface area contributed by atoms with Crippen molar-refractivity contribution in [1.82, 2.24) is 4.57 Å². The predicted molar refractivity (Wildman–Crippen MR) is 88.8 cm³/mol. The Kier molecular flexibility index (Phi) is 3.63. The molecule has 0 spiro atoms. The Balaban J connectivity index is 2.01. The Hall–Kier alpha value is -2.68. The second-order valence-electron chi connectivity index (χ2n) is 5.56. The highest BCUT2D eigenvalue weighted by atomic mass is 16.1. The summed E-state index contributed by atoms with van der Waals surface area (Å²) in [5.74, 6) is 0.123. The van der Waals surface area contributed by atoms with E-state index in [9.17, 15) is 4.79 Å². The maximum Gasteiger partial charge on any atom is 0.249 e. The van der Waals surface area contributed by atoms with Crippen LogP contribution in [0.3, 0.4) is 0 Å². The molecule has 0 N–H and O–H groups in total. The molecule has 0 aliphatic carbocycles. The van der Waals surface area contributed by atoms with E-state index < -0.39 is 0 Å². The van der Waals surface area contributed by atoms with Crippen molar-refractivity contribution in [2.45, 2.75) is 20.4 Å². The van der Waals surface area contributed by atoms with Gasteiger partial charge in [0, 0.05) is 5.56 Å². The number of para-hydroxylation sites is 2. The van der Waals surface area contributed by atoms with E-state index in [4.69, 9.17) is 0 Å². The van der Waals surface area contributed by atoms with Crippen LogP contribution >= 0.6 is 0 Å². The van der Waals surface area contributed by atoms with Crippen LogP contribution in [0.25, 0.3) is 17.2 Å². The highest BCUT2D eigenvalue weighted by Gasteiger charge is 2.18. The number of fused-ring (bicyclic) bond motifs is 1. The molecular weight excluding hydrogens is 272 g/mol. The number of nitrogens with zero attached hydrogens (tertiary/aromatic N) is 2. The van der Waals surface area contributed by atoms with Gasteiger partial charge in [-0.25, -0.2) is 9.13 Å². The monoisotopic (exact) mass is 291 g/mol. The summed E-state index contributed by atoms with van der Waals surface area (Å²) in [5.41, 5.74) is 4.99. The molecule has 3 heteroatoms. The van der Waals surface area contributed by atoms with Gasteiger partial charge >= 0.3 is 0 Å². The van der Waals surface area contributed by atoms with Crippen molar-refractivity contribution in [3.05, 3.63) is 72.1 Å². The van der Waals surface area contributed by atoms with Gasteiger partial charge in [0.05, 0.1) is 6.20 Å². The SMILES string of the molecule is C=Cn1c[n+](CC(=O)c2cc(C)ccc2C)c2ccccc21. The lowest BCUT2D eigenvalue weighted by Crippen LogP contribution is -2.37. The van der Waals surface area contributed by atoms with E-state index in [1.165, 1.54) is 0 Å². The van der Waals surface area contributed by atoms with E-state index in [0.717, 1.165) is 27.7 Å². The highest BCUT2D eigenvalue weighted by Crippen LogP contribution is 2.14. The van der Waals surface area contributed by atoms with Gasteiger partial charge in [-0.15, -0.1) is 0 Å². The van der Waals surface area contributed by atoms with Crippen LogP contribution in [-0.4, -0.2) is 10.4 Å². The van der Waals surface area contributed by atoms with Gasteiger partial charge in [0.2, 0.25) is 12.1 Å². The van der Waals surface area contributed by atoms with Crippen LogP contribution in [0.1, 0.15) is 21.5 Å². The van der Waals surface area contributed by atoms with Gasteiger partial charge in [-0.05, 0) is 37.6 Å². The maximum absolute atomic E-state index is 12.7. The van der Waals surface area contributed by atoms with E-state index in [2.05, 4.69) is 6.58 Å². The zero-order chi connectivity index (χ0) is 15.7. The fraction of sp³-hybridized carbons (Fsp3) is 0.158. The molecule has 1 aromatic heterocycles. The highest BCUT2D eigenvalue weighted by molar-refractivity contribution is 5.96. The van der Waals surface area contributed by atoms with E-state index in [1.807, 2.05) is 71.8 Å². The molecule has 0 radical (unpaired) electrons. The first-order valence-corrected chi connectivity index (χ1v) is 7.32. The number of ketones is 1. The summed E-state index contributed by atoms with van der Waals surface area (Å²) in [7, 11) is 0. The quantitative estimate of drug-likeness (QED) is 0.533. The third-order valence-corrected chi connectivity index (χ3v) is 3.94. The Morgan fingerprint density at radius 2 is 2.00 bits per heavy atom. The molecule has 0 saturated carbocycles. The first-order valence-electron chi connectivity index (χ1n) is 7.32. The lowest BCUT2D eigenvalue weighted by molar-refractivity contribution is -0.657. The molecule has 3 aromatic rings. The molecule has 0 bridgehead atoms. The fourth-order valence-corrected chi connectivity index (χ4v) is 2.75. The normalized spacial score (nSPS) is 10.8. The summed E-state index contributed by atoms with van der Waals surface area (Å²) >= 11 is 0. The van der Waals surface area contributed by atoms with Crippen molar-refractivity contribution in [2.75, 3.05) is 0 Å². The average Bonchev–Trinajstić information content (AvgIpc) is 2.88. The number of aryl methyl sites for hydroxylation is 2. The van der Waals surface area contributed by atoms with Crippen LogP contribution in [0.4, 0.5) is 0 Å². The van der Waals surface area contributed by atoms with Crippen molar-refractivity contribution in [1.29, 1.82) is 0 Å². The van der Waals surface area contributed by atoms with Crippen LogP contribution in [-0.2, 0) is 6.54 Å². The second-order valence-corrected chi connectivity index (χ2v) is 5.56. The van der Waals surface area contributed by atoms with Gasteiger partial charge in [-0.3, -0.25) is 4.79 Å². The molecule has 0 aliphatic heterocycles. The number of carbonyl (C=O) groups excluding carboxylic acids is 1. The largest absolute Gasteiger partial charge is 0.290 e. The third-order valence-electron chi connectivity index (χ3n) is 3.94. The molecule has 22 heavy (non-hydrogen) atoms. The molecule has 110 valence electrons. The molecule has 0 aliphatic rings. The molecule has 0 amide bonds. The zero-order valence-electron chi connectivity index (χ0n) is 12.9. The summed E-state index contributed by atoms with van der Waals surface area (Å²) in [6, 6.07) is 14.0. The fourth-order valence-electron chi connectivity index (χ4n) is 2.75. The predicted octanol–water partition coefficient (Wildman–Crippen LogP) is 3.53. The molecule has 1 heterocycles. The van der Waals surface area contributed by atoms with E-state index in [1.54, 1.807) is 6.20 Å². The summed E-state index contributed by atoms with van der Waals surface area (Å²) in [5, 5.41) is 0. The molecule has 0 saturated heterocycles. The zero-order valence-corrected chi connectivity index (χ0v) is 12.9. The van der Waals surface area contributed by atoms with Crippen molar-refractivity contribution >= 4 is 23.0 Å². The number of rotatable bonds is 4. The van der Waals surface area contributed by atoms with Crippen LogP contribution in [0.5, 0.6) is 0 Å². The summed E-state index contributed by atoms with van der Waals surface area (Å²) in [4.78, 5) is 12.7. The van der Waals surface area contributed by atoms with Crippen molar-refractivity contribution in [2.24, 2.45) is 0 Å². The molecular formula is C19H19N2O+. The van der Waals surface area contributed by atoms with Gasteiger partial charge in [0.15, 0.2) is 17.6 Å². The van der Waals surface area contributed by atoms with Crippen molar-refractivity contribution in [3.63, 3.8) is 0 Å². The lowest BCUT2D eigenvalue weighted by atomic mass is 10.0. The van der Waals surface area contributed by atoms with Gasteiger partial charge < -0.3 is 0 Å². The van der Waals surface area contributed by atoms with Crippen LogP contribution in [0.2, 0.25) is 0 Å². The number of hydrogen-bond donors (Lipinski definition) is 0. The van der Waals surface area contributed by atoms with Crippen molar-refractivity contribution < 1.29 is 9.36 Å². The molecule has 3 nitrogen and oxygen atoms in total. The Morgan fingerprint density at radius 3 is 2.77 bits per heavy atom. The van der Waals surface area contributed by atoms with Crippen molar-refractivity contribution in [3.8, 4) is 0 Å². The first kappa shape index (κ1) is 14.3. The maximum atomic E-state index is 12.7. The molecule has 3 rings (SSSR count). The molecule has 0 atom stereocenters. The minimum absolute atomic E-state index is 0.123. The van der Waals surface area contributed by atoms with Gasteiger partial charge in [0.1, 0.15) is 0 Å². The molecule has 0 unspecified atom stereocenters. The number of aromatic nitrogens is 2. The van der Waals surface area contributed by atoms with E-state index in [0.29, 0.717) is 6.54 Å².